The number of nitrogens with one attached hydrogen (secondary N) is 2. The van der Waals surface area contributed by atoms with E-state index in [4.69, 9.17) is 27.9 Å². The molecule has 3 rings (SSSR count). The molecule has 1 saturated heterocycles. The molecular formula is C22H26Cl2FN3O4S. The zero-order valence-electron chi connectivity index (χ0n) is 18.5. The summed E-state index contributed by atoms with van der Waals surface area (Å²) < 4.78 is 44.5. The summed E-state index contributed by atoms with van der Waals surface area (Å²) >= 11 is 12.6. The van der Waals surface area contributed by atoms with Crippen molar-refractivity contribution in [2.45, 2.75) is 38.6 Å². The first-order valence-corrected chi connectivity index (χ1v) is 13.0. The third kappa shape index (κ3) is 6.96. The highest BCUT2D eigenvalue weighted by molar-refractivity contribution is 7.88. The number of carbonyl (C=O) groups excluding carboxylic acids is 1. The van der Waals surface area contributed by atoms with Gasteiger partial charge >= 0.3 is 6.03 Å². The van der Waals surface area contributed by atoms with Crippen LogP contribution in [0.4, 0.5) is 14.9 Å². The lowest BCUT2D eigenvalue weighted by Crippen LogP contribution is -2.50. The van der Waals surface area contributed by atoms with Crippen molar-refractivity contribution in [3.63, 3.8) is 0 Å². The van der Waals surface area contributed by atoms with Crippen LogP contribution in [0.3, 0.4) is 0 Å². The van der Waals surface area contributed by atoms with Gasteiger partial charge in [-0.2, -0.15) is 0 Å². The van der Waals surface area contributed by atoms with Crippen LogP contribution in [-0.4, -0.2) is 44.1 Å². The molecule has 2 amide bonds. The van der Waals surface area contributed by atoms with Gasteiger partial charge in [0.25, 0.3) is 0 Å². The van der Waals surface area contributed by atoms with E-state index in [-0.39, 0.29) is 40.0 Å². The molecule has 1 atom stereocenters. The lowest BCUT2D eigenvalue weighted by molar-refractivity contribution is 0.236. The molecule has 2 N–H and O–H groups in total. The molecule has 0 bridgehead atoms. The molecule has 1 aliphatic heterocycles. The number of amides is 2. The molecule has 0 radical (unpaired) electrons. The molecule has 1 aliphatic rings. The number of urea groups is 1. The van der Waals surface area contributed by atoms with Crippen molar-refractivity contribution in [1.82, 2.24) is 9.62 Å². The SMILES string of the molecule is CC(C)c1cc(F)cc(Oc2c(Cl)cc(NC(=O)NC3CCCN(S(C)(=O)=O)C3)cc2Cl)c1. The number of halogens is 3. The number of sulfonamides is 1. The molecule has 1 heterocycles. The molecule has 7 nitrogen and oxygen atoms in total. The van der Waals surface area contributed by atoms with E-state index < -0.39 is 21.9 Å². The average molecular weight is 518 g/mol. The second-order valence-corrected chi connectivity index (χ2v) is 11.1. The minimum Gasteiger partial charge on any atom is -0.454 e. The van der Waals surface area contributed by atoms with Crippen molar-refractivity contribution in [1.29, 1.82) is 0 Å². The van der Waals surface area contributed by atoms with Crippen molar-refractivity contribution >= 4 is 44.9 Å². The van der Waals surface area contributed by atoms with E-state index >= 15 is 0 Å². The van der Waals surface area contributed by atoms with Crippen LogP contribution in [0.5, 0.6) is 11.5 Å². The predicted molar refractivity (Wildman–Crippen MR) is 129 cm³/mol. The van der Waals surface area contributed by atoms with E-state index in [9.17, 15) is 17.6 Å². The number of rotatable bonds is 6. The Kier molecular flexibility index (Phi) is 8.10. The van der Waals surface area contributed by atoms with Crippen LogP contribution in [0.2, 0.25) is 10.0 Å². The Morgan fingerprint density at radius 1 is 1.18 bits per heavy atom. The van der Waals surface area contributed by atoms with Crippen molar-refractivity contribution in [2.75, 3.05) is 24.7 Å². The summed E-state index contributed by atoms with van der Waals surface area (Å²) in [5, 5.41) is 5.68. The van der Waals surface area contributed by atoms with E-state index in [1.54, 1.807) is 6.07 Å². The molecule has 2 aromatic rings. The van der Waals surface area contributed by atoms with Gasteiger partial charge in [-0.1, -0.05) is 37.0 Å². The number of anilines is 1. The zero-order chi connectivity index (χ0) is 24.3. The minimum atomic E-state index is -3.32. The molecule has 180 valence electrons. The standard InChI is InChI=1S/C22H26Cl2FN3O4S/c1-13(2)14-7-15(25)9-18(8-14)32-21-19(23)10-17(11-20(21)24)27-22(29)26-16-5-4-6-28(12-16)33(3,30)31/h7-11,13,16H,4-6,12H2,1-3H3,(H2,26,27,29). The highest BCUT2D eigenvalue weighted by atomic mass is 35.5. The maximum Gasteiger partial charge on any atom is 0.319 e. The topological polar surface area (TPSA) is 87.7 Å². The maximum atomic E-state index is 13.9. The molecule has 0 saturated carbocycles. The Hall–Kier alpha value is -2.07. The van der Waals surface area contributed by atoms with Gasteiger partial charge in [0, 0.05) is 30.9 Å². The van der Waals surface area contributed by atoms with Gasteiger partial charge in [-0.25, -0.2) is 21.9 Å². The van der Waals surface area contributed by atoms with Gasteiger partial charge in [-0.05, 0) is 48.6 Å². The van der Waals surface area contributed by atoms with Crippen molar-refractivity contribution in [3.8, 4) is 11.5 Å². The molecular weight excluding hydrogens is 492 g/mol. The minimum absolute atomic E-state index is 0.104. The number of benzene rings is 2. The zero-order valence-corrected chi connectivity index (χ0v) is 20.8. The van der Waals surface area contributed by atoms with Gasteiger partial charge in [0.15, 0.2) is 5.75 Å². The number of carbonyl (C=O) groups is 1. The molecule has 0 aliphatic carbocycles. The van der Waals surface area contributed by atoms with Gasteiger partial charge in [0.05, 0.1) is 16.3 Å². The van der Waals surface area contributed by atoms with Crippen molar-refractivity contribution in [2.24, 2.45) is 0 Å². The number of nitrogens with zero attached hydrogens (tertiary/aromatic N) is 1. The summed E-state index contributed by atoms with van der Waals surface area (Å²) in [6, 6.07) is 6.50. The number of hydrogen-bond acceptors (Lipinski definition) is 4. The Bertz CT molecular complexity index is 1120. The van der Waals surface area contributed by atoms with Crippen LogP contribution < -0.4 is 15.4 Å². The first kappa shape index (κ1) is 25.6. The molecule has 0 spiro atoms. The number of ether oxygens (including phenoxy) is 1. The Balaban J connectivity index is 1.68. The normalized spacial score (nSPS) is 17.1. The van der Waals surface area contributed by atoms with Gasteiger partial charge in [-0.3, -0.25) is 0 Å². The van der Waals surface area contributed by atoms with E-state index in [1.807, 2.05) is 13.8 Å². The lowest BCUT2D eigenvalue weighted by atomic mass is 10.0. The van der Waals surface area contributed by atoms with Gasteiger partial charge in [-0.15, -0.1) is 0 Å². The molecule has 2 aromatic carbocycles. The van der Waals surface area contributed by atoms with Crippen LogP contribution in [0.25, 0.3) is 0 Å². The summed E-state index contributed by atoms with van der Waals surface area (Å²) in [6.45, 7) is 4.54. The fraction of sp³-hybridized carbons (Fsp3) is 0.409. The van der Waals surface area contributed by atoms with Crippen LogP contribution in [0, 0.1) is 5.82 Å². The summed E-state index contributed by atoms with van der Waals surface area (Å²) in [5.41, 5.74) is 1.09. The third-order valence-corrected chi connectivity index (χ3v) is 7.06. The van der Waals surface area contributed by atoms with Crippen molar-refractivity contribution in [3.05, 3.63) is 51.8 Å². The molecule has 33 heavy (non-hydrogen) atoms. The van der Waals surface area contributed by atoms with Crippen LogP contribution in [0.15, 0.2) is 30.3 Å². The Morgan fingerprint density at radius 3 is 2.45 bits per heavy atom. The second kappa shape index (κ2) is 10.5. The number of piperidine rings is 1. The van der Waals surface area contributed by atoms with Crippen LogP contribution >= 0.6 is 23.2 Å². The number of hydrogen-bond donors (Lipinski definition) is 2. The fourth-order valence-electron chi connectivity index (χ4n) is 3.54. The van der Waals surface area contributed by atoms with Crippen LogP contribution in [0.1, 0.15) is 38.2 Å². The summed E-state index contributed by atoms with van der Waals surface area (Å²) in [6.07, 6.45) is 2.47. The van der Waals surface area contributed by atoms with Crippen LogP contribution in [-0.2, 0) is 10.0 Å². The second-order valence-electron chi connectivity index (χ2n) is 8.30. The largest absolute Gasteiger partial charge is 0.454 e. The van der Waals surface area contributed by atoms with E-state index in [1.165, 1.54) is 28.6 Å². The first-order chi connectivity index (χ1) is 15.4. The van der Waals surface area contributed by atoms with Gasteiger partial charge < -0.3 is 15.4 Å². The fourth-order valence-corrected chi connectivity index (χ4v) is 5.01. The molecule has 11 heteroatoms. The van der Waals surface area contributed by atoms with E-state index in [2.05, 4.69) is 10.6 Å². The Labute approximate surface area is 203 Å². The third-order valence-electron chi connectivity index (χ3n) is 5.22. The quantitative estimate of drug-likeness (QED) is 0.522. The highest BCUT2D eigenvalue weighted by Crippen LogP contribution is 2.39. The molecule has 0 aromatic heterocycles. The smallest absolute Gasteiger partial charge is 0.319 e. The summed E-state index contributed by atoms with van der Waals surface area (Å²) in [7, 11) is -3.32. The summed E-state index contributed by atoms with van der Waals surface area (Å²) in [4.78, 5) is 12.4. The monoisotopic (exact) mass is 517 g/mol. The first-order valence-electron chi connectivity index (χ1n) is 10.4. The average Bonchev–Trinajstić information content (AvgIpc) is 2.70. The maximum absolute atomic E-state index is 13.9. The summed E-state index contributed by atoms with van der Waals surface area (Å²) in [5.74, 6) is 0.0673. The van der Waals surface area contributed by atoms with E-state index in [0.29, 0.717) is 25.1 Å². The lowest BCUT2D eigenvalue weighted by Gasteiger charge is -2.31. The molecule has 1 fully saturated rings. The molecule has 1 unspecified atom stereocenters. The van der Waals surface area contributed by atoms with Gasteiger partial charge in [0.1, 0.15) is 11.6 Å². The van der Waals surface area contributed by atoms with E-state index in [0.717, 1.165) is 11.8 Å². The Morgan fingerprint density at radius 2 is 1.85 bits per heavy atom. The van der Waals surface area contributed by atoms with Gasteiger partial charge in [0.2, 0.25) is 10.0 Å². The van der Waals surface area contributed by atoms with Crippen molar-refractivity contribution < 1.29 is 22.3 Å². The predicted octanol–water partition coefficient (Wildman–Crippen LogP) is 5.59. The highest BCUT2D eigenvalue weighted by Gasteiger charge is 2.27.